The van der Waals surface area contributed by atoms with Crippen molar-refractivity contribution >= 4 is 21.6 Å². The molecular weight excluding hydrogens is 250 g/mol. The number of rotatable bonds is 1. The minimum atomic E-state index is -0.196. The van der Waals surface area contributed by atoms with Crippen LogP contribution in [-0.2, 0) is 7.05 Å². The third kappa shape index (κ3) is 1.64. The Morgan fingerprint density at radius 3 is 2.78 bits per heavy atom. The number of thiophene rings is 1. The Hall–Kier alpha value is -1.40. The fourth-order valence-electron chi connectivity index (χ4n) is 2.57. The van der Waals surface area contributed by atoms with Crippen molar-refractivity contribution < 1.29 is 0 Å². The monoisotopic (exact) mass is 265 g/mol. The Balaban J connectivity index is 2.28. The summed E-state index contributed by atoms with van der Waals surface area (Å²) in [6.07, 6.45) is 1.68. The number of piperidine rings is 1. The predicted octanol–water partition coefficient (Wildman–Crippen LogP) is 0.686. The molecule has 0 aliphatic carbocycles. The number of nitrogens with zero attached hydrogens (tertiary/aromatic N) is 2. The van der Waals surface area contributed by atoms with Crippen molar-refractivity contribution in [1.82, 2.24) is 14.5 Å². The maximum absolute atomic E-state index is 12.4. The number of nitrogens with one attached hydrogen (secondary N) is 1. The van der Waals surface area contributed by atoms with Gasteiger partial charge in [-0.3, -0.25) is 13.9 Å². The van der Waals surface area contributed by atoms with E-state index in [4.69, 9.17) is 0 Å². The van der Waals surface area contributed by atoms with Crippen LogP contribution in [-0.4, -0.2) is 22.2 Å². The molecule has 0 unspecified atom stereocenters. The number of fused-ring (bicyclic) bond motifs is 1. The summed E-state index contributed by atoms with van der Waals surface area (Å²) < 4.78 is 3.70. The lowest BCUT2D eigenvalue weighted by Gasteiger charge is -2.24. The first-order chi connectivity index (χ1) is 8.70. The SMILES string of the molecule is Cn1c(=O)n(C2CCNCC2)c(=O)c2sccc21. The van der Waals surface area contributed by atoms with Crippen LogP contribution < -0.4 is 16.6 Å². The molecule has 0 saturated carbocycles. The lowest BCUT2D eigenvalue weighted by atomic mass is 10.1. The summed E-state index contributed by atoms with van der Waals surface area (Å²) in [6.45, 7) is 1.73. The van der Waals surface area contributed by atoms with Gasteiger partial charge in [-0.15, -0.1) is 11.3 Å². The van der Waals surface area contributed by atoms with E-state index in [0.29, 0.717) is 4.70 Å². The molecule has 6 heteroatoms. The quantitative estimate of drug-likeness (QED) is 0.825. The smallest absolute Gasteiger partial charge is 0.317 e. The van der Waals surface area contributed by atoms with Crippen molar-refractivity contribution in [3.8, 4) is 0 Å². The van der Waals surface area contributed by atoms with Crippen LogP contribution in [0, 0.1) is 0 Å². The minimum absolute atomic E-state index is 0.0314. The van der Waals surface area contributed by atoms with Crippen molar-refractivity contribution in [2.24, 2.45) is 7.05 Å². The molecular formula is C12H15N3O2S. The molecule has 0 bridgehead atoms. The van der Waals surface area contributed by atoms with E-state index >= 15 is 0 Å². The van der Waals surface area contributed by atoms with E-state index in [1.807, 2.05) is 11.4 Å². The van der Waals surface area contributed by atoms with Crippen LogP contribution in [0.2, 0.25) is 0 Å². The van der Waals surface area contributed by atoms with Gasteiger partial charge in [0.1, 0.15) is 4.70 Å². The maximum Gasteiger partial charge on any atom is 0.331 e. The van der Waals surface area contributed by atoms with Crippen molar-refractivity contribution in [2.45, 2.75) is 18.9 Å². The first-order valence-corrected chi connectivity index (χ1v) is 6.97. The Labute approximate surface area is 108 Å². The molecule has 0 radical (unpaired) electrons. The van der Waals surface area contributed by atoms with Gasteiger partial charge in [0.15, 0.2) is 0 Å². The molecule has 96 valence electrons. The second-order valence-corrected chi connectivity index (χ2v) is 5.55. The number of aryl methyl sites for hydroxylation is 1. The van der Waals surface area contributed by atoms with E-state index in [0.717, 1.165) is 31.4 Å². The fourth-order valence-corrected chi connectivity index (χ4v) is 3.43. The lowest BCUT2D eigenvalue weighted by molar-refractivity contribution is 0.348. The van der Waals surface area contributed by atoms with E-state index in [-0.39, 0.29) is 17.3 Å². The molecule has 18 heavy (non-hydrogen) atoms. The Bertz CT molecular complexity index is 691. The van der Waals surface area contributed by atoms with E-state index < -0.39 is 0 Å². The highest BCUT2D eigenvalue weighted by atomic mass is 32.1. The van der Waals surface area contributed by atoms with Crippen LogP contribution in [0.3, 0.4) is 0 Å². The van der Waals surface area contributed by atoms with E-state index in [9.17, 15) is 9.59 Å². The van der Waals surface area contributed by atoms with Crippen LogP contribution >= 0.6 is 11.3 Å². The highest BCUT2D eigenvalue weighted by Gasteiger charge is 2.21. The molecule has 1 fully saturated rings. The fraction of sp³-hybridized carbons (Fsp3) is 0.500. The molecule has 3 rings (SSSR count). The lowest BCUT2D eigenvalue weighted by Crippen LogP contribution is -2.44. The first-order valence-electron chi connectivity index (χ1n) is 6.09. The van der Waals surface area contributed by atoms with Crippen LogP contribution in [0.5, 0.6) is 0 Å². The second kappa shape index (κ2) is 4.37. The summed E-state index contributed by atoms with van der Waals surface area (Å²) in [5, 5.41) is 5.11. The highest BCUT2D eigenvalue weighted by Crippen LogP contribution is 2.18. The highest BCUT2D eigenvalue weighted by molar-refractivity contribution is 7.17. The molecule has 1 N–H and O–H groups in total. The molecule has 1 saturated heterocycles. The normalized spacial score (nSPS) is 17.4. The molecule has 0 amide bonds. The van der Waals surface area contributed by atoms with E-state index in [2.05, 4.69) is 5.32 Å². The average molecular weight is 265 g/mol. The summed E-state index contributed by atoms with van der Waals surface area (Å²) in [6, 6.07) is 1.86. The standard InChI is InChI=1S/C12H15N3O2S/c1-14-9-4-7-18-10(9)11(16)15(12(14)17)8-2-5-13-6-3-8/h4,7-8,13H,2-3,5-6H2,1H3. The van der Waals surface area contributed by atoms with Gasteiger partial charge in [-0.2, -0.15) is 0 Å². The van der Waals surface area contributed by atoms with Crippen LogP contribution in [0.1, 0.15) is 18.9 Å². The largest absolute Gasteiger partial charge is 0.331 e. The number of hydrogen-bond donors (Lipinski definition) is 1. The minimum Gasteiger partial charge on any atom is -0.317 e. The van der Waals surface area contributed by atoms with Crippen LogP contribution in [0.25, 0.3) is 10.2 Å². The Morgan fingerprint density at radius 2 is 2.06 bits per heavy atom. The molecule has 2 aromatic heterocycles. The van der Waals surface area contributed by atoms with Gasteiger partial charge in [-0.05, 0) is 37.4 Å². The van der Waals surface area contributed by atoms with Crippen molar-refractivity contribution in [3.05, 3.63) is 32.3 Å². The van der Waals surface area contributed by atoms with Gasteiger partial charge in [-0.25, -0.2) is 4.79 Å². The van der Waals surface area contributed by atoms with Crippen molar-refractivity contribution in [1.29, 1.82) is 0 Å². The topological polar surface area (TPSA) is 56.0 Å². The molecule has 1 aliphatic rings. The van der Waals surface area contributed by atoms with E-state index in [1.54, 1.807) is 11.6 Å². The van der Waals surface area contributed by atoms with Crippen molar-refractivity contribution in [3.63, 3.8) is 0 Å². The van der Waals surface area contributed by atoms with Gasteiger partial charge in [-0.1, -0.05) is 0 Å². The van der Waals surface area contributed by atoms with Crippen LogP contribution in [0.4, 0.5) is 0 Å². The third-order valence-electron chi connectivity index (χ3n) is 3.59. The summed E-state index contributed by atoms with van der Waals surface area (Å²) in [4.78, 5) is 24.7. The predicted molar refractivity (Wildman–Crippen MR) is 72.5 cm³/mol. The Morgan fingerprint density at radius 1 is 1.33 bits per heavy atom. The summed E-state index contributed by atoms with van der Waals surface area (Å²) in [7, 11) is 1.73. The summed E-state index contributed by atoms with van der Waals surface area (Å²) in [5.41, 5.74) is 0.410. The van der Waals surface area contributed by atoms with Gasteiger partial charge in [0.2, 0.25) is 0 Å². The zero-order valence-electron chi connectivity index (χ0n) is 10.2. The first kappa shape index (κ1) is 11.7. The molecule has 0 spiro atoms. The van der Waals surface area contributed by atoms with Gasteiger partial charge < -0.3 is 5.32 Å². The molecule has 3 heterocycles. The van der Waals surface area contributed by atoms with Gasteiger partial charge in [0, 0.05) is 13.1 Å². The third-order valence-corrected chi connectivity index (χ3v) is 4.48. The second-order valence-electron chi connectivity index (χ2n) is 4.63. The summed E-state index contributed by atoms with van der Waals surface area (Å²) in [5.74, 6) is 0. The molecule has 5 nitrogen and oxygen atoms in total. The molecule has 0 aromatic carbocycles. The molecule has 2 aromatic rings. The number of hydrogen-bond acceptors (Lipinski definition) is 4. The average Bonchev–Trinajstić information content (AvgIpc) is 2.87. The Kier molecular flexibility index (Phi) is 2.83. The van der Waals surface area contributed by atoms with Gasteiger partial charge in [0.25, 0.3) is 5.56 Å². The van der Waals surface area contributed by atoms with Gasteiger partial charge >= 0.3 is 5.69 Å². The van der Waals surface area contributed by atoms with Crippen molar-refractivity contribution in [2.75, 3.05) is 13.1 Å². The van der Waals surface area contributed by atoms with E-state index in [1.165, 1.54) is 15.9 Å². The zero-order chi connectivity index (χ0) is 12.7. The molecule has 0 atom stereocenters. The maximum atomic E-state index is 12.4. The zero-order valence-corrected chi connectivity index (χ0v) is 11.0. The number of aromatic nitrogens is 2. The molecule has 1 aliphatic heterocycles. The summed E-state index contributed by atoms with van der Waals surface area (Å²) >= 11 is 1.41. The van der Waals surface area contributed by atoms with Crippen LogP contribution in [0.15, 0.2) is 21.0 Å². The van der Waals surface area contributed by atoms with Gasteiger partial charge in [0.05, 0.1) is 5.52 Å².